The van der Waals surface area contributed by atoms with Gasteiger partial charge in [-0.25, -0.2) is 4.79 Å². The zero-order valence-corrected chi connectivity index (χ0v) is 11.9. The molecule has 1 aromatic carbocycles. The number of anilines is 1. The van der Waals surface area contributed by atoms with Crippen molar-refractivity contribution in [2.75, 3.05) is 19.0 Å². The van der Waals surface area contributed by atoms with Crippen LogP contribution in [-0.4, -0.2) is 30.8 Å². The highest BCUT2D eigenvalue weighted by Gasteiger charge is 2.46. The minimum atomic E-state index is -0.814. The molecule has 0 bridgehead atoms. The molecule has 1 aliphatic heterocycles. The predicted octanol–water partition coefficient (Wildman–Crippen LogP) is 2.38. The SMILES string of the molecule is COCC1(C(=O)OC(C)(C)C)Cc2ccccc2N1. The Bertz CT molecular complexity index is 452. The van der Waals surface area contributed by atoms with E-state index in [0.717, 1.165) is 11.3 Å². The average Bonchev–Trinajstić information content (AvgIpc) is 2.66. The van der Waals surface area contributed by atoms with E-state index in [2.05, 4.69) is 5.32 Å². The Morgan fingerprint density at radius 2 is 2.05 bits per heavy atom. The molecule has 1 aromatic rings. The summed E-state index contributed by atoms with van der Waals surface area (Å²) in [5, 5.41) is 3.27. The molecular weight excluding hydrogens is 242 g/mol. The molecule has 0 spiro atoms. The fraction of sp³-hybridized carbons (Fsp3) is 0.533. The summed E-state index contributed by atoms with van der Waals surface area (Å²) in [7, 11) is 1.59. The van der Waals surface area contributed by atoms with Crippen molar-refractivity contribution in [3.63, 3.8) is 0 Å². The van der Waals surface area contributed by atoms with Crippen molar-refractivity contribution in [3.05, 3.63) is 29.8 Å². The summed E-state index contributed by atoms with van der Waals surface area (Å²) in [6, 6.07) is 7.91. The molecule has 104 valence electrons. The fourth-order valence-corrected chi connectivity index (χ4v) is 2.31. The van der Waals surface area contributed by atoms with Crippen LogP contribution in [0.1, 0.15) is 26.3 Å². The van der Waals surface area contributed by atoms with Crippen LogP contribution in [0.4, 0.5) is 5.69 Å². The predicted molar refractivity (Wildman–Crippen MR) is 74.2 cm³/mol. The lowest BCUT2D eigenvalue weighted by atomic mass is 9.96. The summed E-state index contributed by atoms with van der Waals surface area (Å²) in [5.41, 5.74) is 0.774. The molecule has 0 saturated heterocycles. The molecule has 0 aliphatic carbocycles. The maximum Gasteiger partial charge on any atom is 0.335 e. The number of hydrogen-bond donors (Lipinski definition) is 1. The number of benzene rings is 1. The van der Waals surface area contributed by atoms with Gasteiger partial charge in [-0.3, -0.25) is 0 Å². The molecule has 1 heterocycles. The van der Waals surface area contributed by atoms with E-state index in [1.54, 1.807) is 7.11 Å². The number of hydrogen-bond acceptors (Lipinski definition) is 4. The van der Waals surface area contributed by atoms with Gasteiger partial charge in [0.15, 0.2) is 5.54 Å². The van der Waals surface area contributed by atoms with E-state index in [-0.39, 0.29) is 12.6 Å². The first-order chi connectivity index (χ1) is 8.86. The lowest BCUT2D eigenvalue weighted by Gasteiger charge is -2.31. The van der Waals surface area contributed by atoms with Crippen LogP contribution in [0.15, 0.2) is 24.3 Å². The number of ether oxygens (including phenoxy) is 2. The van der Waals surface area contributed by atoms with E-state index in [9.17, 15) is 4.79 Å². The van der Waals surface area contributed by atoms with E-state index in [1.807, 2.05) is 45.0 Å². The molecule has 1 atom stereocenters. The second-order valence-corrected chi connectivity index (χ2v) is 5.98. The Labute approximate surface area is 114 Å². The van der Waals surface area contributed by atoms with Gasteiger partial charge >= 0.3 is 5.97 Å². The van der Waals surface area contributed by atoms with Crippen molar-refractivity contribution >= 4 is 11.7 Å². The molecule has 1 aliphatic rings. The highest BCUT2D eigenvalue weighted by molar-refractivity contribution is 5.88. The molecule has 0 saturated carbocycles. The van der Waals surface area contributed by atoms with Crippen molar-refractivity contribution in [2.24, 2.45) is 0 Å². The second kappa shape index (κ2) is 4.85. The monoisotopic (exact) mass is 263 g/mol. The number of nitrogens with one attached hydrogen (secondary N) is 1. The van der Waals surface area contributed by atoms with Crippen molar-refractivity contribution in [1.29, 1.82) is 0 Å². The van der Waals surface area contributed by atoms with Gasteiger partial charge in [-0.05, 0) is 32.4 Å². The third-order valence-corrected chi connectivity index (χ3v) is 3.06. The van der Waals surface area contributed by atoms with Crippen LogP contribution in [0.2, 0.25) is 0 Å². The van der Waals surface area contributed by atoms with Crippen molar-refractivity contribution < 1.29 is 14.3 Å². The number of methoxy groups -OCH3 is 1. The zero-order chi connectivity index (χ0) is 14.1. The molecule has 0 amide bonds. The fourth-order valence-electron chi connectivity index (χ4n) is 2.31. The Hall–Kier alpha value is -1.55. The third kappa shape index (κ3) is 2.89. The standard InChI is InChI=1S/C15H21NO3/c1-14(2,3)19-13(17)15(10-18-4)9-11-7-5-6-8-12(11)16-15/h5-8,16H,9-10H2,1-4H3. The molecule has 4 heteroatoms. The van der Waals surface area contributed by atoms with Gasteiger partial charge in [-0.15, -0.1) is 0 Å². The summed E-state index contributed by atoms with van der Waals surface area (Å²) >= 11 is 0. The van der Waals surface area contributed by atoms with Gasteiger partial charge in [0.05, 0.1) is 6.61 Å². The van der Waals surface area contributed by atoms with E-state index in [4.69, 9.17) is 9.47 Å². The number of fused-ring (bicyclic) bond motifs is 1. The number of carbonyl (C=O) groups is 1. The Morgan fingerprint density at radius 1 is 1.37 bits per heavy atom. The van der Waals surface area contributed by atoms with Crippen LogP contribution in [0.5, 0.6) is 0 Å². The average molecular weight is 263 g/mol. The lowest BCUT2D eigenvalue weighted by Crippen LogP contribution is -2.52. The van der Waals surface area contributed by atoms with E-state index in [1.165, 1.54) is 0 Å². The van der Waals surface area contributed by atoms with Crippen molar-refractivity contribution in [1.82, 2.24) is 0 Å². The first-order valence-electron chi connectivity index (χ1n) is 6.45. The Morgan fingerprint density at radius 3 is 2.63 bits per heavy atom. The minimum absolute atomic E-state index is 0.266. The molecule has 0 aromatic heterocycles. The lowest BCUT2D eigenvalue weighted by molar-refractivity contribution is -0.162. The van der Waals surface area contributed by atoms with Crippen LogP contribution >= 0.6 is 0 Å². The maximum atomic E-state index is 12.5. The third-order valence-electron chi connectivity index (χ3n) is 3.06. The summed E-state index contributed by atoms with van der Waals surface area (Å²) in [6.07, 6.45) is 0.589. The van der Waals surface area contributed by atoms with E-state index >= 15 is 0 Å². The molecular formula is C15H21NO3. The minimum Gasteiger partial charge on any atom is -0.458 e. The molecule has 2 rings (SSSR count). The Balaban J connectivity index is 2.25. The van der Waals surface area contributed by atoms with Gasteiger partial charge in [0.1, 0.15) is 5.60 Å². The van der Waals surface area contributed by atoms with Gasteiger partial charge in [-0.1, -0.05) is 18.2 Å². The normalized spacial score (nSPS) is 21.7. The van der Waals surface area contributed by atoms with E-state index < -0.39 is 11.1 Å². The van der Waals surface area contributed by atoms with Crippen LogP contribution in [0, 0.1) is 0 Å². The number of para-hydroxylation sites is 1. The second-order valence-electron chi connectivity index (χ2n) is 5.98. The van der Waals surface area contributed by atoms with E-state index in [0.29, 0.717) is 6.42 Å². The first kappa shape index (κ1) is 13.9. The van der Waals surface area contributed by atoms with Gasteiger partial charge in [0, 0.05) is 19.2 Å². The van der Waals surface area contributed by atoms with Crippen molar-refractivity contribution in [2.45, 2.75) is 38.3 Å². The van der Waals surface area contributed by atoms with Crippen LogP contribution < -0.4 is 5.32 Å². The highest BCUT2D eigenvalue weighted by atomic mass is 16.6. The van der Waals surface area contributed by atoms with Gasteiger partial charge in [0.2, 0.25) is 0 Å². The number of carbonyl (C=O) groups excluding carboxylic acids is 1. The molecule has 1 unspecified atom stereocenters. The highest BCUT2D eigenvalue weighted by Crippen LogP contribution is 2.34. The smallest absolute Gasteiger partial charge is 0.335 e. The molecule has 0 radical (unpaired) electrons. The van der Waals surface area contributed by atoms with Crippen LogP contribution in [0.25, 0.3) is 0 Å². The van der Waals surface area contributed by atoms with Crippen LogP contribution in [-0.2, 0) is 20.7 Å². The molecule has 19 heavy (non-hydrogen) atoms. The zero-order valence-electron chi connectivity index (χ0n) is 11.9. The first-order valence-corrected chi connectivity index (χ1v) is 6.45. The molecule has 0 fully saturated rings. The molecule has 4 nitrogen and oxygen atoms in total. The quantitative estimate of drug-likeness (QED) is 0.851. The topological polar surface area (TPSA) is 47.6 Å². The summed E-state index contributed by atoms with van der Waals surface area (Å²) < 4.78 is 10.8. The summed E-state index contributed by atoms with van der Waals surface area (Å²) in [4.78, 5) is 12.5. The number of esters is 1. The molecule has 1 N–H and O–H groups in total. The Kier molecular flexibility index (Phi) is 3.54. The number of rotatable bonds is 3. The van der Waals surface area contributed by atoms with Gasteiger partial charge in [0.25, 0.3) is 0 Å². The largest absolute Gasteiger partial charge is 0.458 e. The van der Waals surface area contributed by atoms with Gasteiger partial charge in [-0.2, -0.15) is 0 Å². The van der Waals surface area contributed by atoms with Crippen molar-refractivity contribution in [3.8, 4) is 0 Å². The summed E-state index contributed by atoms with van der Waals surface area (Å²) in [5.74, 6) is -0.266. The van der Waals surface area contributed by atoms with Gasteiger partial charge < -0.3 is 14.8 Å². The van der Waals surface area contributed by atoms with Crippen LogP contribution in [0.3, 0.4) is 0 Å². The summed E-state index contributed by atoms with van der Waals surface area (Å²) in [6.45, 7) is 5.89. The maximum absolute atomic E-state index is 12.5.